The zero-order valence-corrected chi connectivity index (χ0v) is 18.1. The second-order valence-electron chi connectivity index (χ2n) is 7.53. The van der Waals surface area contributed by atoms with Gasteiger partial charge in [-0.1, -0.05) is 54.1 Å². The second kappa shape index (κ2) is 8.44. The van der Waals surface area contributed by atoms with Gasteiger partial charge in [-0.25, -0.2) is 0 Å². The van der Waals surface area contributed by atoms with E-state index in [2.05, 4.69) is 10.2 Å². The van der Waals surface area contributed by atoms with Crippen molar-refractivity contribution >= 4 is 29.2 Å². The van der Waals surface area contributed by atoms with Crippen LogP contribution < -0.4 is 0 Å². The van der Waals surface area contributed by atoms with Crippen LogP contribution in [0.25, 0.3) is 5.69 Å². The van der Waals surface area contributed by atoms with Crippen LogP contribution in [0.2, 0.25) is 5.02 Å². The van der Waals surface area contributed by atoms with Gasteiger partial charge in [0.15, 0.2) is 5.78 Å². The Hall–Kier alpha value is -4.10. The van der Waals surface area contributed by atoms with Gasteiger partial charge in [0.2, 0.25) is 0 Å². The number of benzene rings is 3. The Bertz CT molecular complexity index is 1360. The Kier molecular flexibility index (Phi) is 5.32. The lowest BCUT2D eigenvalue weighted by atomic mass is 10.0. The van der Waals surface area contributed by atoms with E-state index in [-0.39, 0.29) is 30.6 Å². The minimum Gasteiger partial charge on any atom is -0.289 e. The third kappa shape index (κ3) is 3.72. The molecule has 1 aliphatic heterocycles. The standard InChI is InChI=1S/C25H17ClN4O3/c26-17-10-11-21(20(14-17)23(31)16-6-2-1-3-7-16)30-15-27-28-22(30)12-13-29-24(32)18-8-4-5-9-19(18)25(29)33/h1-11,14-15H,12-13H2. The molecule has 2 amide bonds. The molecule has 4 aromatic rings. The van der Waals surface area contributed by atoms with Crippen LogP contribution in [0.3, 0.4) is 0 Å². The normalized spacial score (nSPS) is 12.8. The second-order valence-corrected chi connectivity index (χ2v) is 7.97. The molecule has 0 N–H and O–H groups in total. The number of fused-ring (bicyclic) bond motifs is 1. The summed E-state index contributed by atoms with van der Waals surface area (Å²) in [6.45, 7) is 0.139. The van der Waals surface area contributed by atoms with E-state index < -0.39 is 0 Å². The fraction of sp³-hybridized carbons (Fsp3) is 0.0800. The van der Waals surface area contributed by atoms with Crippen molar-refractivity contribution in [1.82, 2.24) is 19.7 Å². The van der Waals surface area contributed by atoms with E-state index in [4.69, 9.17) is 11.6 Å². The van der Waals surface area contributed by atoms with Gasteiger partial charge in [-0.2, -0.15) is 0 Å². The van der Waals surface area contributed by atoms with Crippen molar-refractivity contribution in [2.24, 2.45) is 0 Å². The molecule has 0 fully saturated rings. The van der Waals surface area contributed by atoms with Gasteiger partial charge in [0.1, 0.15) is 12.2 Å². The largest absolute Gasteiger partial charge is 0.289 e. The highest BCUT2D eigenvalue weighted by atomic mass is 35.5. The van der Waals surface area contributed by atoms with E-state index in [0.29, 0.717) is 38.8 Å². The predicted molar refractivity (Wildman–Crippen MR) is 122 cm³/mol. The molecule has 0 saturated heterocycles. The Morgan fingerprint density at radius 3 is 2.24 bits per heavy atom. The molecule has 8 heteroatoms. The molecule has 0 atom stereocenters. The summed E-state index contributed by atoms with van der Waals surface area (Å²) in [5.41, 5.74) is 2.29. The van der Waals surface area contributed by atoms with E-state index in [1.165, 1.54) is 11.2 Å². The van der Waals surface area contributed by atoms with Gasteiger partial charge in [0.25, 0.3) is 11.8 Å². The molecule has 1 aromatic heterocycles. The van der Waals surface area contributed by atoms with Crippen molar-refractivity contribution in [3.05, 3.63) is 112 Å². The average molecular weight is 457 g/mol. The average Bonchev–Trinajstić information content (AvgIpc) is 3.41. The summed E-state index contributed by atoms with van der Waals surface area (Å²) < 4.78 is 1.69. The molecule has 0 bridgehead atoms. The summed E-state index contributed by atoms with van der Waals surface area (Å²) in [5.74, 6) is -0.328. The molecular weight excluding hydrogens is 440 g/mol. The molecule has 0 spiro atoms. The van der Waals surface area contributed by atoms with Crippen molar-refractivity contribution in [3.63, 3.8) is 0 Å². The lowest BCUT2D eigenvalue weighted by Gasteiger charge is -2.15. The third-order valence-corrected chi connectivity index (χ3v) is 5.79. The molecule has 7 nitrogen and oxygen atoms in total. The number of amides is 2. The molecular formula is C25H17ClN4O3. The first-order chi connectivity index (χ1) is 16.0. The molecule has 0 saturated carbocycles. The molecule has 162 valence electrons. The molecule has 2 heterocycles. The number of imide groups is 1. The van der Waals surface area contributed by atoms with Crippen molar-refractivity contribution in [2.75, 3.05) is 6.54 Å². The number of carbonyl (C=O) groups excluding carboxylic acids is 3. The minimum atomic E-state index is -0.326. The van der Waals surface area contributed by atoms with E-state index in [1.54, 1.807) is 71.3 Å². The smallest absolute Gasteiger partial charge is 0.261 e. The number of halogens is 1. The zero-order valence-electron chi connectivity index (χ0n) is 17.3. The highest BCUT2D eigenvalue weighted by Crippen LogP contribution is 2.25. The number of aromatic nitrogens is 3. The Morgan fingerprint density at radius 2 is 1.55 bits per heavy atom. The van der Waals surface area contributed by atoms with Gasteiger partial charge in [-0.3, -0.25) is 23.9 Å². The van der Waals surface area contributed by atoms with Crippen LogP contribution in [0, 0.1) is 0 Å². The topological polar surface area (TPSA) is 85.2 Å². The Balaban J connectivity index is 1.44. The maximum Gasteiger partial charge on any atom is 0.261 e. The summed E-state index contributed by atoms with van der Waals surface area (Å²) in [5, 5.41) is 8.59. The minimum absolute atomic E-state index is 0.139. The van der Waals surface area contributed by atoms with E-state index in [1.807, 2.05) is 6.07 Å². The third-order valence-electron chi connectivity index (χ3n) is 5.55. The lowest BCUT2D eigenvalue weighted by Crippen LogP contribution is -2.32. The number of nitrogens with zero attached hydrogens (tertiary/aromatic N) is 4. The molecule has 0 aliphatic carbocycles. The fourth-order valence-corrected chi connectivity index (χ4v) is 4.10. The van der Waals surface area contributed by atoms with E-state index in [0.717, 1.165) is 0 Å². The molecule has 5 rings (SSSR count). The zero-order chi connectivity index (χ0) is 22.9. The maximum absolute atomic E-state index is 13.2. The number of hydrogen-bond acceptors (Lipinski definition) is 5. The summed E-state index contributed by atoms with van der Waals surface area (Å²) in [6.07, 6.45) is 1.77. The van der Waals surface area contributed by atoms with Crippen molar-refractivity contribution in [2.45, 2.75) is 6.42 Å². The summed E-state index contributed by atoms with van der Waals surface area (Å²) in [4.78, 5) is 39.7. The molecule has 3 aromatic carbocycles. The van der Waals surface area contributed by atoms with Gasteiger partial charge < -0.3 is 0 Å². The predicted octanol–water partition coefficient (Wildman–Crippen LogP) is 3.99. The van der Waals surface area contributed by atoms with Crippen LogP contribution in [-0.2, 0) is 6.42 Å². The summed E-state index contributed by atoms with van der Waals surface area (Å²) in [7, 11) is 0. The first kappa shape index (κ1) is 20.8. The first-order valence-corrected chi connectivity index (χ1v) is 10.7. The SMILES string of the molecule is O=C(c1ccccc1)c1cc(Cl)ccc1-n1cnnc1CCN1C(=O)c2ccccc2C1=O. The van der Waals surface area contributed by atoms with Crippen molar-refractivity contribution in [3.8, 4) is 5.69 Å². The highest BCUT2D eigenvalue weighted by molar-refractivity contribution is 6.31. The van der Waals surface area contributed by atoms with Crippen LogP contribution in [0.4, 0.5) is 0 Å². The highest BCUT2D eigenvalue weighted by Gasteiger charge is 2.35. The van der Waals surface area contributed by atoms with Crippen molar-refractivity contribution in [1.29, 1.82) is 0 Å². The van der Waals surface area contributed by atoms with Gasteiger partial charge in [0, 0.05) is 29.1 Å². The molecule has 0 unspecified atom stereocenters. The summed E-state index contributed by atoms with van der Waals surface area (Å²) in [6, 6.07) is 20.7. The van der Waals surface area contributed by atoms with E-state index >= 15 is 0 Å². The number of rotatable bonds is 6. The Morgan fingerprint density at radius 1 is 0.879 bits per heavy atom. The maximum atomic E-state index is 13.2. The van der Waals surface area contributed by atoms with Crippen LogP contribution in [0.15, 0.2) is 79.1 Å². The molecule has 33 heavy (non-hydrogen) atoms. The quantitative estimate of drug-likeness (QED) is 0.323. The van der Waals surface area contributed by atoms with Crippen LogP contribution in [0.1, 0.15) is 42.5 Å². The van der Waals surface area contributed by atoms with Gasteiger partial charge in [0.05, 0.1) is 16.8 Å². The fourth-order valence-electron chi connectivity index (χ4n) is 3.93. The number of carbonyl (C=O) groups is 3. The number of hydrogen-bond donors (Lipinski definition) is 0. The van der Waals surface area contributed by atoms with Gasteiger partial charge in [-0.15, -0.1) is 10.2 Å². The van der Waals surface area contributed by atoms with Crippen molar-refractivity contribution < 1.29 is 14.4 Å². The van der Waals surface area contributed by atoms with E-state index in [9.17, 15) is 14.4 Å². The lowest BCUT2D eigenvalue weighted by molar-refractivity contribution is 0.0655. The van der Waals surface area contributed by atoms with Gasteiger partial charge in [-0.05, 0) is 30.3 Å². The van der Waals surface area contributed by atoms with Gasteiger partial charge >= 0.3 is 0 Å². The molecule has 0 radical (unpaired) electrons. The first-order valence-electron chi connectivity index (χ1n) is 10.3. The van der Waals surface area contributed by atoms with Crippen LogP contribution in [-0.4, -0.2) is 43.8 Å². The van der Waals surface area contributed by atoms with Crippen LogP contribution in [0.5, 0.6) is 0 Å². The monoisotopic (exact) mass is 456 g/mol. The number of ketones is 1. The Labute approximate surface area is 194 Å². The van der Waals surface area contributed by atoms with Crippen LogP contribution >= 0.6 is 11.6 Å². The summed E-state index contributed by atoms with van der Waals surface area (Å²) >= 11 is 6.20. The molecule has 1 aliphatic rings.